The molecule has 92 valence electrons. The number of carboxylic acids is 1. The Balaban J connectivity index is 2.27. The van der Waals surface area contributed by atoms with E-state index >= 15 is 0 Å². The molecule has 0 bridgehead atoms. The molecule has 1 rings (SSSR count). The van der Waals surface area contributed by atoms with Gasteiger partial charge in [-0.2, -0.15) is 11.8 Å². The van der Waals surface area contributed by atoms with Crippen molar-refractivity contribution in [1.29, 1.82) is 0 Å². The van der Waals surface area contributed by atoms with Gasteiger partial charge in [0.1, 0.15) is 11.8 Å². The topological polar surface area (TPSA) is 83.5 Å². The molecule has 0 radical (unpaired) electrons. The van der Waals surface area contributed by atoms with Gasteiger partial charge in [0, 0.05) is 11.5 Å². The molecule has 0 saturated carbocycles. The Morgan fingerprint density at radius 3 is 2.65 bits per heavy atom. The normalized spacial score (nSPS) is 12.8. The third kappa shape index (κ3) is 5.42. The van der Waals surface area contributed by atoms with E-state index in [0.717, 1.165) is 5.56 Å². The largest absolute Gasteiger partial charge is 0.508 e. The number of aromatic hydroxyl groups is 1. The molecule has 1 aromatic carbocycles. The highest BCUT2D eigenvalue weighted by atomic mass is 32.2. The predicted octanol–water partition coefficient (Wildman–Crippen LogP) is 1.55. The molecule has 0 aliphatic rings. The number of phenolic OH excluding ortho intramolecular Hbond substituents is 1. The molecule has 1 atom stereocenters. The molecular formula is C12H15NO3S. The van der Waals surface area contributed by atoms with Crippen LogP contribution in [0.25, 0.3) is 6.08 Å². The lowest BCUT2D eigenvalue weighted by atomic mass is 10.2. The average Bonchev–Trinajstić information content (AvgIpc) is 2.30. The minimum absolute atomic E-state index is 0.240. The van der Waals surface area contributed by atoms with Gasteiger partial charge in [-0.15, -0.1) is 0 Å². The first-order valence-electron chi connectivity index (χ1n) is 5.11. The fourth-order valence-electron chi connectivity index (χ4n) is 1.10. The number of benzene rings is 1. The maximum Gasteiger partial charge on any atom is 0.321 e. The van der Waals surface area contributed by atoms with E-state index in [-0.39, 0.29) is 5.75 Å². The minimum Gasteiger partial charge on any atom is -0.508 e. The summed E-state index contributed by atoms with van der Waals surface area (Å²) in [5, 5.41) is 17.6. The van der Waals surface area contributed by atoms with Gasteiger partial charge < -0.3 is 15.9 Å². The van der Waals surface area contributed by atoms with Gasteiger partial charge in [-0.05, 0) is 17.7 Å². The van der Waals surface area contributed by atoms with E-state index in [1.165, 1.54) is 11.8 Å². The molecule has 0 saturated heterocycles. The van der Waals surface area contributed by atoms with Crippen LogP contribution in [0.3, 0.4) is 0 Å². The summed E-state index contributed by atoms with van der Waals surface area (Å²) in [6.45, 7) is 0. The summed E-state index contributed by atoms with van der Waals surface area (Å²) in [5.74, 6) is 0.376. The van der Waals surface area contributed by atoms with Gasteiger partial charge in [0.15, 0.2) is 0 Å². The zero-order valence-electron chi connectivity index (χ0n) is 9.24. The zero-order chi connectivity index (χ0) is 12.7. The molecule has 5 heteroatoms. The number of carbonyl (C=O) groups is 1. The predicted molar refractivity (Wildman–Crippen MR) is 70.1 cm³/mol. The summed E-state index contributed by atoms with van der Waals surface area (Å²) in [6.07, 6.45) is 3.85. The number of nitrogens with two attached hydrogens (primary N) is 1. The van der Waals surface area contributed by atoms with Gasteiger partial charge in [-0.1, -0.05) is 24.3 Å². The zero-order valence-corrected chi connectivity index (χ0v) is 10.1. The van der Waals surface area contributed by atoms with Crippen LogP contribution in [0.15, 0.2) is 30.3 Å². The van der Waals surface area contributed by atoms with E-state index in [4.69, 9.17) is 15.9 Å². The minimum atomic E-state index is -0.972. The fourth-order valence-corrected chi connectivity index (χ4v) is 1.87. The molecule has 0 heterocycles. The Morgan fingerprint density at radius 1 is 1.41 bits per heavy atom. The molecule has 4 N–H and O–H groups in total. The van der Waals surface area contributed by atoms with Gasteiger partial charge in [0.25, 0.3) is 0 Å². The molecule has 0 aromatic heterocycles. The van der Waals surface area contributed by atoms with Crippen molar-refractivity contribution < 1.29 is 15.0 Å². The van der Waals surface area contributed by atoms with Gasteiger partial charge in [0.05, 0.1) is 0 Å². The summed E-state index contributed by atoms with van der Waals surface area (Å²) in [7, 11) is 0. The third-order valence-corrected chi connectivity index (χ3v) is 3.06. The standard InChI is InChI=1S/C12H15NO3S/c13-11(12(15)16)8-17-7-1-2-9-3-5-10(14)6-4-9/h1-6,11,14H,7-8,13H2,(H,15,16)/b2-1+/t11-/m0/s1. The fraction of sp³-hybridized carbons (Fsp3) is 0.250. The van der Waals surface area contributed by atoms with Gasteiger partial charge in [-0.25, -0.2) is 0 Å². The van der Waals surface area contributed by atoms with E-state index in [2.05, 4.69) is 0 Å². The molecule has 0 amide bonds. The highest BCUT2D eigenvalue weighted by molar-refractivity contribution is 7.99. The maximum absolute atomic E-state index is 10.4. The molecule has 17 heavy (non-hydrogen) atoms. The highest BCUT2D eigenvalue weighted by Gasteiger charge is 2.09. The second-order valence-corrected chi connectivity index (χ2v) is 4.55. The Morgan fingerprint density at radius 2 is 2.06 bits per heavy atom. The molecule has 0 aliphatic carbocycles. The van der Waals surface area contributed by atoms with E-state index in [1.807, 2.05) is 12.2 Å². The lowest BCUT2D eigenvalue weighted by Gasteiger charge is -2.03. The van der Waals surface area contributed by atoms with Crippen LogP contribution in [0.1, 0.15) is 5.56 Å². The average molecular weight is 253 g/mol. The quantitative estimate of drug-likeness (QED) is 0.670. The molecular weight excluding hydrogens is 238 g/mol. The van der Waals surface area contributed by atoms with E-state index < -0.39 is 12.0 Å². The van der Waals surface area contributed by atoms with E-state index in [9.17, 15) is 4.79 Å². The van der Waals surface area contributed by atoms with Gasteiger partial charge in [-0.3, -0.25) is 4.79 Å². The Labute approximate surface area is 104 Å². The number of phenols is 1. The number of aliphatic carboxylic acids is 1. The molecule has 1 aromatic rings. The van der Waals surface area contributed by atoms with Gasteiger partial charge in [0.2, 0.25) is 0 Å². The first kappa shape index (κ1) is 13.6. The molecule has 0 unspecified atom stereocenters. The van der Waals surface area contributed by atoms with Crippen molar-refractivity contribution in [2.45, 2.75) is 6.04 Å². The number of hydrogen-bond acceptors (Lipinski definition) is 4. The lowest BCUT2D eigenvalue weighted by molar-refractivity contribution is -0.137. The van der Waals surface area contributed by atoms with Crippen LogP contribution in [0.2, 0.25) is 0 Å². The molecule has 4 nitrogen and oxygen atoms in total. The lowest BCUT2D eigenvalue weighted by Crippen LogP contribution is -2.32. The number of thioether (sulfide) groups is 1. The Kier molecular flexibility index (Phi) is 5.59. The van der Waals surface area contributed by atoms with Crippen molar-refractivity contribution in [2.75, 3.05) is 11.5 Å². The van der Waals surface area contributed by atoms with Crippen LogP contribution in [-0.2, 0) is 4.79 Å². The Hall–Kier alpha value is -1.46. The molecule has 0 fully saturated rings. The number of rotatable bonds is 6. The van der Waals surface area contributed by atoms with Crippen molar-refractivity contribution in [1.82, 2.24) is 0 Å². The second-order valence-electron chi connectivity index (χ2n) is 3.48. The van der Waals surface area contributed by atoms with Crippen molar-refractivity contribution >= 4 is 23.8 Å². The number of carboxylic acid groups (broad SMARTS) is 1. The highest BCUT2D eigenvalue weighted by Crippen LogP contribution is 2.11. The molecule has 0 aliphatic heterocycles. The maximum atomic E-state index is 10.4. The summed E-state index contributed by atoms with van der Waals surface area (Å²) in [5.41, 5.74) is 6.35. The first-order valence-corrected chi connectivity index (χ1v) is 6.27. The monoisotopic (exact) mass is 253 g/mol. The van der Waals surface area contributed by atoms with Crippen molar-refractivity contribution in [3.63, 3.8) is 0 Å². The van der Waals surface area contributed by atoms with Crippen LogP contribution in [0.5, 0.6) is 5.75 Å². The van der Waals surface area contributed by atoms with Crippen LogP contribution in [0, 0.1) is 0 Å². The summed E-state index contributed by atoms with van der Waals surface area (Å²) in [6, 6.07) is 6.04. The third-order valence-electron chi connectivity index (χ3n) is 2.03. The van der Waals surface area contributed by atoms with E-state index in [1.54, 1.807) is 24.3 Å². The van der Waals surface area contributed by atoms with Crippen molar-refractivity contribution in [2.24, 2.45) is 5.73 Å². The van der Waals surface area contributed by atoms with Gasteiger partial charge >= 0.3 is 5.97 Å². The van der Waals surface area contributed by atoms with Crippen LogP contribution in [-0.4, -0.2) is 33.7 Å². The van der Waals surface area contributed by atoms with Crippen LogP contribution < -0.4 is 5.73 Å². The summed E-state index contributed by atoms with van der Waals surface area (Å²) < 4.78 is 0. The second kappa shape index (κ2) is 6.98. The van der Waals surface area contributed by atoms with Crippen LogP contribution in [0.4, 0.5) is 0 Å². The van der Waals surface area contributed by atoms with Crippen molar-refractivity contribution in [3.8, 4) is 5.75 Å². The summed E-state index contributed by atoms with van der Waals surface area (Å²) in [4.78, 5) is 10.4. The Bertz CT molecular complexity index is 389. The number of hydrogen-bond donors (Lipinski definition) is 3. The smallest absolute Gasteiger partial charge is 0.321 e. The molecule has 0 spiro atoms. The van der Waals surface area contributed by atoms with E-state index in [0.29, 0.717) is 11.5 Å². The van der Waals surface area contributed by atoms with Crippen LogP contribution >= 0.6 is 11.8 Å². The van der Waals surface area contributed by atoms with Crippen molar-refractivity contribution in [3.05, 3.63) is 35.9 Å². The SMILES string of the molecule is N[C@@H](CSC/C=C/c1ccc(O)cc1)C(=O)O. The first-order chi connectivity index (χ1) is 8.09. The summed E-state index contributed by atoms with van der Waals surface area (Å²) >= 11 is 1.47.